The summed E-state index contributed by atoms with van der Waals surface area (Å²) in [6.45, 7) is 8.54. The summed E-state index contributed by atoms with van der Waals surface area (Å²) in [5, 5.41) is 3.29. The molecule has 1 N–H and O–H groups in total. The van der Waals surface area contributed by atoms with Crippen LogP contribution in [-0.4, -0.2) is 43.8 Å². The molecule has 1 atom stereocenters. The Bertz CT molecular complexity index is 1390. The van der Waals surface area contributed by atoms with E-state index in [1.165, 1.54) is 17.0 Å². The van der Waals surface area contributed by atoms with Gasteiger partial charge in [0.05, 0.1) is 10.6 Å². The number of sulfonamides is 1. The molecule has 202 valence electrons. The van der Waals surface area contributed by atoms with Gasteiger partial charge >= 0.3 is 0 Å². The van der Waals surface area contributed by atoms with Crippen LogP contribution < -0.4 is 9.62 Å². The predicted octanol–water partition coefficient (Wildman–Crippen LogP) is 5.09. The van der Waals surface area contributed by atoms with Crippen molar-refractivity contribution in [1.82, 2.24) is 10.2 Å². The van der Waals surface area contributed by atoms with Gasteiger partial charge in [0.2, 0.25) is 11.8 Å². The van der Waals surface area contributed by atoms with Gasteiger partial charge in [-0.15, -0.1) is 0 Å². The number of carbonyl (C=O) groups excluding carboxylic acids is 2. The van der Waals surface area contributed by atoms with Crippen molar-refractivity contribution in [2.75, 3.05) is 10.8 Å². The molecule has 0 saturated carbocycles. The summed E-state index contributed by atoms with van der Waals surface area (Å²) in [5.74, 6) is -0.874. The standard InChI is InChI=1S/C29H34ClN3O4S/c1-20(2)31-29(35)23(5)32(18-24-13-9-10-16-26(24)30)28(34)19-33(27-17-11-12-21(3)22(27)4)38(36,37)25-14-7-6-8-15-25/h6-17,20,23H,18-19H2,1-5H3,(H,31,35). The highest BCUT2D eigenvalue weighted by Crippen LogP contribution is 2.29. The van der Waals surface area contributed by atoms with Crippen molar-refractivity contribution in [3.05, 3.63) is 94.5 Å². The van der Waals surface area contributed by atoms with Gasteiger partial charge in [-0.05, 0) is 75.6 Å². The molecule has 2 amide bonds. The Morgan fingerprint density at radius 2 is 1.53 bits per heavy atom. The van der Waals surface area contributed by atoms with Crippen molar-refractivity contribution in [3.63, 3.8) is 0 Å². The van der Waals surface area contributed by atoms with Crippen molar-refractivity contribution < 1.29 is 18.0 Å². The van der Waals surface area contributed by atoms with Crippen LogP contribution in [-0.2, 0) is 26.2 Å². The van der Waals surface area contributed by atoms with E-state index in [9.17, 15) is 18.0 Å². The molecule has 3 aromatic carbocycles. The summed E-state index contributed by atoms with van der Waals surface area (Å²) >= 11 is 6.39. The lowest BCUT2D eigenvalue weighted by molar-refractivity contribution is -0.139. The van der Waals surface area contributed by atoms with Crippen LogP contribution in [0.5, 0.6) is 0 Å². The molecule has 0 aliphatic carbocycles. The van der Waals surface area contributed by atoms with E-state index in [2.05, 4.69) is 5.32 Å². The molecule has 9 heteroatoms. The SMILES string of the molecule is Cc1cccc(N(CC(=O)N(Cc2ccccc2Cl)C(C)C(=O)NC(C)C)S(=O)(=O)c2ccccc2)c1C. The Kier molecular flexibility index (Phi) is 9.57. The molecule has 38 heavy (non-hydrogen) atoms. The highest BCUT2D eigenvalue weighted by molar-refractivity contribution is 7.92. The molecular formula is C29H34ClN3O4S. The molecule has 0 radical (unpaired) electrons. The van der Waals surface area contributed by atoms with Gasteiger partial charge in [-0.3, -0.25) is 13.9 Å². The average molecular weight is 556 g/mol. The fourth-order valence-corrected chi connectivity index (χ4v) is 5.72. The monoisotopic (exact) mass is 555 g/mol. The summed E-state index contributed by atoms with van der Waals surface area (Å²) in [6.07, 6.45) is 0. The van der Waals surface area contributed by atoms with Gasteiger partial charge in [-0.1, -0.05) is 60.1 Å². The summed E-state index contributed by atoms with van der Waals surface area (Å²) in [6, 6.07) is 19.4. The van der Waals surface area contributed by atoms with Crippen LogP contribution in [0.4, 0.5) is 5.69 Å². The molecule has 1 unspecified atom stereocenters. The molecule has 0 aromatic heterocycles. The van der Waals surface area contributed by atoms with E-state index in [0.717, 1.165) is 15.4 Å². The number of halogens is 1. The van der Waals surface area contributed by atoms with Gasteiger partial charge in [-0.2, -0.15) is 0 Å². The normalized spacial score (nSPS) is 12.2. The van der Waals surface area contributed by atoms with E-state index in [-0.39, 0.29) is 23.4 Å². The molecule has 0 spiro atoms. The van der Waals surface area contributed by atoms with Crippen LogP contribution in [0, 0.1) is 13.8 Å². The topological polar surface area (TPSA) is 86.8 Å². The number of hydrogen-bond acceptors (Lipinski definition) is 4. The number of rotatable bonds is 10. The van der Waals surface area contributed by atoms with Gasteiger partial charge < -0.3 is 10.2 Å². The fourth-order valence-electron chi connectivity index (χ4n) is 4.04. The molecule has 3 rings (SSSR count). The van der Waals surface area contributed by atoms with E-state index >= 15 is 0 Å². The van der Waals surface area contributed by atoms with E-state index < -0.39 is 28.5 Å². The van der Waals surface area contributed by atoms with Gasteiger partial charge in [-0.25, -0.2) is 8.42 Å². The minimum atomic E-state index is -4.11. The van der Waals surface area contributed by atoms with Crippen molar-refractivity contribution in [3.8, 4) is 0 Å². The highest BCUT2D eigenvalue weighted by atomic mass is 35.5. The molecule has 0 heterocycles. The molecule has 7 nitrogen and oxygen atoms in total. The number of amides is 2. The number of hydrogen-bond donors (Lipinski definition) is 1. The quantitative estimate of drug-likeness (QED) is 0.377. The van der Waals surface area contributed by atoms with E-state index in [0.29, 0.717) is 16.3 Å². The van der Waals surface area contributed by atoms with E-state index in [4.69, 9.17) is 11.6 Å². The van der Waals surface area contributed by atoms with Crippen molar-refractivity contribution in [2.45, 2.75) is 58.1 Å². The highest BCUT2D eigenvalue weighted by Gasteiger charge is 2.33. The maximum absolute atomic E-state index is 13.9. The third-order valence-electron chi connectivity index (χ3n) is 6.35. The minimum absolute atomic E-state index is 0.0389. The van der Waals surface area contributed by atoms with Crippen LogP contribution in [0.3, 0.4) is 0 Å². The van der Waals surface area contributed by atoms with Crippen molar-refractivity contribution in [2.24, 2.45) is 0 Å². The lowest BCUT2D eigenvalue weighted by Gasteiger charge is -2.33. The Hall–Kier alpha value is -3.36. The molecule has 0 bridgehead atoms. The molecule has 0 saturated heterocycles. The number of nitrogens with zero attached hydrogens (tertiary/aromatic N) is 2. The Morgan fingerprint density at radius 1 is 0.895 bits per heavy atom. The third kappa shape index (κ3) is 6.74. The number of nitrogens with one attached hydrogen (secondary N) is 1. The number of aryl methyl sites for hydroxylation is 1. The van der Waals surface area contributed by atoms with E-state index in [1.807, 2.05) is 33.8 Å². The first-order valence-corrected chi connectivity index (χ1v) is 14.2. The number of benzene rings is 3. The first-order valence-electron chi connectivity index (χ1n) is 12.4. The van der Waals surface area contributed by atoms with Crippen LogP contribution in [0.25, 0.3) is 0 Å². The smallest absolute Gasteiger partial charge is 0.264 e. The second kappa shape index (κ2) is 12.5. The second-order valence-corrected chi connectivity index (χ2v) is 11.8. The Morgan fingerprint density at radius 3 is 2.16 bits per heavy atom. The Labute approximate surface area is 230 Å². The van der Waals surface area contributed by atoms with E-state index in [1.54, 1.807) is 61.5 Å². The van der Waals surface area contributed by atoms with Crippen molar-refractivity contribution in [1.29, 1.82) is 0 Å². The van der Waals surface area contributed by atoms with Crippen LogP contribution in [0.1, 0.15) is 37.5 Å². The molecular weight excluding hydrogens is 522 g/mol. The first kappa shape index (κ1) is 29.2. The zero-order valence-corrected chi connectivity index (χ0v) is 23.9. The van der Waals surface area contributed by atoms with Crippen molar-refractivity contribution >= 4 is 39.1 Å². The average Bonchev–Trinajstić information content (AvgIpc) is 2.88. The van der Waals surface area contributed by atoms with Gasteiger partial charge in [0.25, 0.3) is 10.0 Å². The van der Waals surface area contributed by atoms with Crippen LogP contribution >= 0.6 is 11.6 Å². The second-order valence-electron chi connectivity index (χ2n) is 9.50. The van der Waals surface area contributed by atoms with Crippen LogP contribution in [0.2, 0.25) is 5.02 Å². The number of carbonyl (C=O) groups is 2. The summed E-state index contributed by atoms with van der Waals surface area (Å²) in [4.78, 5) is 28.4. The zero-order chi connectivity index (χ0) is 28.0. The summed E-state index contributed by atoms with van der Waals surface area (Å²) in [7, 11) is -4.11. The van der Waals surface area contributed by atoms with Gasteiger partial charge in [0, 0.05) is 17.6 Å². The summed E-state index contributed by atoms with van der Waals surface area (Å²) in [5.41, 5.74) is 2.68. The molecule has 0 aliphatic heterocycles. The minimum Gasteiger partial charge on any atom is -0.352 e. The van der Waals surface area contributed by atoms with Gasteiger partial charge in [0.1, 0.15) is 12.6 Å². The lowest BCUT2D eigenvalue weighted by atomic mass is 10.1. The molecule has 0 fully saturated rings. The maximum Gasteiger partial charge on any atom is 0.264 e. The maximum atomic E-state index is 13.9. The predicted molar refractivity (Wildman–Crippen MR) is 152 cm³/mol. The molecule has 3 aromatic rings. The molecule has 0 aliphatic rings. The largest absolute Gasteiger partial charge is 0.352 e. The lowest BCUT2D eigenvalue weighted by Crippen LogP contribution is -2.52. The number of anilines is 1. The zero-order valence-electron chi connectivity index (χ0n) is 22.3. The summed E-state index contributed by atoms with van der Waals surface area (Å²) < 4.78 is 28.9. The Balaban J connectivity index is 2.08. The van der Waals surface area contributed by atoms with Gasteiger partial charge in [0.15, 0.2) is 0 Å². The fraction of sp³-hybridized carbons (Fsp3) is 0.310. The third-order valence-corrected chi connectivity index (χ3v) is 8.49. The van der Waals surface area contributed by atoms with Crippen LogP contribution in [0.15, 0.2) is 77.7 Å². The first-order chi connectivity index (χ1) is 17.9.